The smallest absolute Gasteiger partial charge is 0.261 e. The molecule has 1 aliphatic heterocycles. The van der Waals surface area contributed by atoms with Gasteiger partial charge in [0.15, 0.2) is 0 Å². The summed E-state index contributed by atoms with van der Waals surface area (Å²) in [6, 6.07) is 14.3. The van der Waals surface area contributed by atoms with Crippen molar-refractivity contribution in [3.05, 3.63) is 70.8 Å². The number of nitrogens with zero attached hydrogens (tertiary/aromatic N) is 1. The van der Waals surface area contributed by atoms with Gasteiger partial charge in [0, 0.05) is 17.6 Å². The molecule has 6 nitrogen and oxygen atoms in total. The third-order valence-corrected chi connectivity index (χ3v) is 5.52. The quantitative estimate of drug-likeness (QED) is 0.801. The Balaban J connectivity index is 1.45. The molecule has 3 N–H and O–H groups in total. The zero-order valence-corrected chi connectivity index (χ0v) is 15.6. The molecule has 28 heavy (non-hydrogen) atoms. The average molecular weight is 377 g/mol. The number of nitrogens with two attached hydrogens (primary N) is 1. The number of hydrogen-bond donors (Lipinski definition) is 2. The molecular weight excluding hydrogens is 354 g/mol. The van der Waals surface area contributed by atoms with Crippen LogP contribution in [0.3, 0.4) is 0 Å². The molecule has 4 rings (SSSR count). The highest BCUT2D eigenvalue weighted by molar-refractivity contribution is 6.21. The van der Waals surface area contributed by atoms with Crippen molar-refractivity contribution in [2.24, 2.45) is 5.73 Å². The van der Waals surface area contributed by atoms with E-state index in [-0.39, 0.29) is 36.3 Å². The first-order chi connectivity index (χ1) is 13.5. The van der Waals surface area contributed by atoms with Crippen molar-refractivity contribution in [2.45, 2.75) is 44.3 Å². The molecule has 144 valence electrons. The van der Waals surface area contributed by atoms with Gasteiger partial charge >= 0.3 is 0 Å². The third kappa shape index (κ3) is 3.55. The summed E-state index contributed by atoms with van der Waals surface area (Å²) >= 11 is 0. The standard InChI is InChI=1S/C22H23N3O3/c23-16-8-10-17(11-9-16)24-20(26)15-5-3-4-14(12-15)13-25-21(27)18-6-1-2-7-19(18)22(25)28/h1-7,12,16-17H,8-11,13,23H2,(H,24,26). The molecule has 1 heterocycles. The molecule has 2 aliphatic rings. The maximum absolute atomic E-state index is 12.6. The Morgan fingerprint density at radius 2 is 1.61 bits per heavy atom. The third-order valence-electron chi connectivity index (χ3n) is 5.52. The molecule has 1 fully saturated rings. The van der Waals surface area contributed by atoms with Crippen LogP contribution in [0.2, 0.25) is 0 Å². The van der Waals surface area contributed by atoms with Gasteiger partial charge in [0.05, 0.1) is 17.7 Å². The van der Waals surface area contributed by atoms with Crippen molar-refractivity contribution in [3.63, 3.8) is 0 Å². The van der Waals surface area contributed by atoms with Crippen molar-refractivity contribution in [1.29, 1.82) is 0 Å². The van der Waals surface area contributed by atoms with Crippen LogP contribution in [0.4, 0.5) is 0 Å². The summed E-state index contributed by atoms with van der Waals surface area (Å²) in [7, 11) is 0. The van der Waals surface area contributed by atoms with E-state index in [1.54, 1.807) is 42.5 Å². The number of nitrogens with one attached hydrogen (secondary N) is 1. The second kappa shape index (κ2) is 7.56. The molecule has 0 bridgehead atoms. The lowest BCUT2D eigenvalue weighted by Crippen LogP contribution is -2.40. The summed E-state index contributed by atoms with van der Waals surface area (Å²) in [5, 5.41) is 3.07. The zero-order chi connectivity index (χ0) is 19.7. The van der Waals surface area contributed by atoms with E-state index in [4.69, 9.17) is 5.73 Å². The van der Waals surface area contributed by atoms with E-state index in [9.17, 15) is 14.4 Å². The molecule has 6 heteroatoms. The minimum absolute atomic E-state index is 0.135. The van der Waals surface area contributed by atoms with E-state index in [0.29, 0.717) is 16.7 Å². The van der Waals surface area contributed by atoms with Crippen LogP contribution in [-0.4, -0.2) is 34.7 Å². The number of hydrogen-bond acceptors (Lipinski definition) is 4. The highest BCUT2D eigenvalue weighted by Gasteiger charge is 2.35. The SMILES string of the molecule is NC1CCC(NC(=O)c2cccc(CN3C(=O)c4ccccc4C3=O)c2)CC1. The van der Waals surface area contributed by atoms with Gasteiger partial charge in [-0.25, -0.2) is 0 Å². The summed E-state index contributed by atoms with van der Waals surface area (Å²) in [5.74, 6) is -0.729. The Morgan fingerprint density at radius 1 is 0.964 bits per heavy atom. The molecule has 0 radical (unpaired) electrons. The number of fused-ring (bicyclic) bond motifs is 1. The van der Waals surface area contributed by atoms with Crippen LogP contribution in [0.15, 0.2) is 48.5 Å². The summed E-state index contributed by atoms with van der Waals surface area (Å²) in [6.45, 7) is 0.145. The van der Waals surface area contributed by atoms with Gasteiger partial charge < -0.3 is 11.1 Å². The molecular formula is C22H23N3O3. The van der Waals surface area contributed by atoms with Crippen molar-refractivity contribution < 1.29 is 14.4 Å². The average Bonchev–Trinajstić information content (AvgIpc) is 2.95. The van der Waals surface area contributed by atoms with Crippen molar-refractivity contribution in [2.75, 3.05) is 0 Å². The molecule has 0 aromatic heterocycles. The molecule has 0 atom stereocenters. The van der Waals surface area contributed by atoms with E-state index in [1.165, 1.54) is 4.90 Å². The lowest BCUT2D eigenvalue weighted by Gasteiger charge is -2.26. The van der Waals surface area contributed by atoms with E-state index >= 15 is 0 Å². The van der Waals surface area contributed by atoms with Crippen LogP contribution >= 0.6 is 0 Å². The fourth-order valence-electron chi connectivity index (χ4n) is 3.91. The van der Waals surface area contributed by atoms with Gasteiger partial charge in [0.2, 0.25) is 0 Å². The fraction of sp³-hybridized carbons (Fsp3) is 0.318. The first-order valence-corrected chi connectivity index (χ1v) is 9.63. The molecule has 1 saturated carbocycles. The molecule has 0 unspecified atom stereocenters. The summed E-state index contributed by atoms with van der Waals surface area (Å²) in [5.41, 5.74) is 8.05. The van der Waals surface area contributed by atoms with Gasteiger partial charge in [-0.2, -0.15) is 0 Å². The fourth-order valence-corrected chi connectivity index (χ4v) is 3.91. The Hall–Kier alpha value is -2.99. The molecule has 2 aromatic rings. The Kier molecular flexibility index (Phi) is 4.96. The van der Waals surface area contributed by atoms with Gasteiger partial charge in [-0.05, 0) is 55.5 Å². The lowest BCUT2D eigenvalue weighted by molar-refractivity contribution is 0.0642. The monoisotopic (exact) mass is 377 g/mol. The molecule has 0 saturated heterocycles. The van der Waals surface area contributed by atoms with E-state index in [0.717, 1.165) is 31.2 Å². The summed E-state index contributed by atoms with van der Waals surface area (Å²) in [4.78, 5) is 38.9. The number of amides is 3. The van der Waals surface area contributed by atoms with E-state index in [1.807, 2.05) is 6.07 Å². The van der Waals surface area contributed by atoms with Crippen LogP contribution in [0.1, 0.15) is 62.3 Å². The predicted molar refractivity (Wildman–Crippen MR) is 105 cm³/mol. The van der Waals surface area contributed by atoms with Crippen LogP contribution in [0.25, 0.3) is 0 Å². The van der Waals surface area contributed by atoms with E-state index in [2.05, 4.69) is 5.32 Å². The van der Waals surface area contributed by atoms with Crippen LogP contribution < -0.4 is 11.1 Å². The number of imide groups is 1. The summed E-state index contributed by atoms with van der Waals surface area (Å²) < 4.78 is 0. The Bertz CT molecular complexity index is 897. The molecule has 0 spiro atoms. The Morgan fingerprint density at radius 3 is 2.25 bits per heavy atom. The Labute approximate surface area is 163 Å². The van der Waals surface area contributed by atoms with E-state index < -0.39 is 0 Å². The normalized spacial score (nSPS) is 21.5. The van der Waals surface area contributed by atoms with Crippen LogP contribution in [0.5, 0.6) is 0 Å². The van der Waals surface area contributed by atoms with Crippen LogP contribution in [0, 0.1) is 0 Å². The van der Waals surface area contributed by atoms with Gasteiger partial charge in [0.1, 0.15) is 0 Å². The maximum atomic E-state index is 12.6. The maximum Gasteiger partial charge on any atom is 0.261 e. The first-order valence-electron chi connectivity index (χ1n) is 9.63. The van der Waals surface area contributed by atoms with Gasteiger partial charge in [0.25, 0.3) is 17.7 Å². The zero-order valence-electron chi connectivity index (χ0n) is 15.6. The number of carbonyl (C=O) groups excluding carboxylic acids is 3. The number of rotatable bonds is 4. The number of benzene rings is 2. The molecule has 3 amide bonds. The van der Waals surface area contributed by atoms with Crippen molar-refractivity contribution in [1.82, 2.24) is 10.2 Å². The first kappa shape index (κ1) is 18.4. The van der Waals surface area contributed by atoms with Crippen molar-refractivity contribution >= 4 is 17.7 Å². The largest absolute Gasteiger partial charge is 0.349 e. The highest BCUT2D eigenvalue weighted by atomic mass is 16.2. The van der Waals surface area contributed by atoms with Crippen LogP contribution in [-0.2, 0) is 6.54 Å². The second-order valence-corrected chi connectivity index (χ2v) is 7.53. The second-order valence-electron chi connectivity index (χ2n) is 7.53. The molecule has 2 aromatic carbocycles. The van der Waals surface area contributed by atoms with Gasteiger partial charge in [-0.1, -0.05) is 24.3 Å². The highest BCUT2D eigenvalue weighted by Crippen LogP contribution is 2.24. The minimum atomic E-state index is -0.297. The predicted octanol–water partition coefficient (Wildman–Crippen LogP) is 2.48. The lowest BCUT2D eigenvalue weighted by atomic mass is 9.91. The van der Waals surface area contributed by atoms with Crippen molar-refractivity contribution in [3.8, 4) is 0 Å². The van der Waals surface area contributed by atoms with Gasteiger partial charge in [-0.15, -0.1) is 0 Å². The topological polar surface area (TPSA) is 92.5 Å². The number of carbonyl (C=O) groups is 3. The minimum Gasteiger partial charge on any atom is -0.349 e. The molecule has 1 aliphatic carbocycles. The van der Waals surface area contributed by atoms with Gasteiger partial charge in [-0.3, -0.25) is 19.3 Å². The summed E-state index contributed by atoms with van der Waals surface area (Å²) in [6.07, 6.45) is 3.62.